The second-order valence-electron chi connectivity index (χ2n) is 3.12. The molecule has 0 atom stereocenters. The third kappa shape index (κ3) is 2.09. The van der Waals surface area contributed by atoms with Gasteiger partial charge < -0.3 is 5.73 Å². The molecule has 0 bridgehead atoms. The van der Waals surface area contributed by atoms with Crippen LogP contribution in [0.1, 0.15) is 16.7 Å². The van der Waals surface area contributed by atoms with Crippen LogP contribution in [0.2, 0.25) is 0 Å². The van der Waals surface area contributed by atoms with Crippen molar-refractivity contribution in [1.29, 1.82) is 0 Å². The highest BCUT2D eigenvalue weighted by molar-refractivity contribution is 9.10. The fraction of sp³-hybridized carbons (Fsp3) is 0.400. The minimum Gasteiger partial charge on any atom is -0.330 e. The van der Waals surface area contributed by atoms with Crippen LogP contribution in [0, 0.1) is 19.7 Å². The zero-order chi connectivity index (χ0) is 10.0. The van der Waals surface area contributed by atoms with Crippen LogP contribution >= 0.6 is 15.9 Å². The first kappa shape index (κ1) is 10.7. The van der Waals surface area contributed by atoms with Gasteiger partial charge >= 0.3 is 0 Å². The van der Waals surface area contributed by atoms with E-state index in [1.54, 1.807) is 13.0 Å². The van der Waals surface area contributed by atoms with Crippen LogP contribution in [0.5, 0.6) is 0 Å². The van der Waals surface area contributed by atoms with Crippen molar-refractivity contribution in [2.45, 2.75) is 20.3 Å². The molecule has 0 saturated carbocycles. The molecular weight excluding hydrogens is 233 g/mol. The Morgan fingerprint density at radius 2 is 2.00 bits per heavy atom. The summed E-state index contributed by atoms with van der Waals surface area (Å²) in [5.41, 5.74) is 8.17. The number of benzene rings is 1. The first-order valence-electron chi connectivity index (χ1n) is 4.22. The lowest BCUT2D eigenvalue weighted by Gasteiger charge is -2.10. The maximum Gasteiger partial charge on any atom is 0.127 e. The van der Waals surface area contributed by atoms with Crippen LogP contribution in [-0.4, -0.2) is 6.54 Å². The molecule has 0 heterocycles. The first-order chi connectivity index (χ1) is 6.07. The summed E-state index contributed by atoms with van der Waals surface area (Å²) in [5.74, 6) is -0.166. The molecule has 2 N–H and O–H groups in total. The number of rotatable bonds is 2. The van der Waals surface area contributed by atoms with Gasteiger partial charge in [-0.1, -0.05) is 15.9 Å². The van der Waals surface area contributed by atoms with E-state index in [0.29, 0.717) is 12.1 Å². The predicted octanol–water partition coefficient (Wildman–Crippen LogP) is 2.71. The van der Waals surface area contributed by atoms with Crippen molar-refractivity contribution >= 4 is 15.9 Å². The van der Waals surface area contributed by atoms with E-state index in [1.165, 1.54) is 0 Å². The Hall–Kier alpha value is -0.410. The van der Waals surface area contributed by atoms with Gasteiger partial charge in [-0.05, 0) is 49.6 Å². The number of hydrogen-bond acceptors (Lipinski definition) is 1. The van der Waals surface area contributed by atoms with Gasteiger partial charge in [0.15, 0.2) is 0 Å². The monoisotopic (exact) mass is 245 g/mol. The van der Waals surface area contributed by atoms with E-state index in [9.17, 15) is 4.39 Å². The summed E-state index contributed by atoms with van der Waals surface area (Å²) in [6.07, 6.45) is 0.724. The van der Waals surface area contributed by atoms with Crippen molar-refractivity contribution < 1.29 is 4.39 Å². The maximum absolute atomic E-state index is 13.3. The Labute approximate surface area is 86.3 Å². The Bertz CT molecular complexity index is 323. The normalized spacial score (nSPS) is 10.5. The molecule has 1 rings (SSSR count). The van der Waals surface area contributed by atoms with Crippen molar-refractivity contribution in [2.24, 2.45) is 5.73 Å². The van der Waals surface area contributed by atoms with E-state index in [0.717, 1.165) is 22.0 Å². The van der Waals surface area contributed by atoms with Crippen molar-refractivity contribution in [2.75, 3.05) is 6.54 Å². The fourth-order valence-corrected chi connectivity index (χ4v) is 1.76. The number of halogens is 2. The molecule has 0 radical (unpaired) electrons. The molecular formula is C10H13BrFN. The summed E-state index contributed by atoms with van der Waals surface area (Å²) < 4.78 is 14.1. The Balaban J connectivity index is 3.24. The summed E-state index contributed by atoms with van der Waals surface area (Å²) in [4.78, 5) is 0. The van der Waals surface area contributed by atoms with Gasteiger partial charge in [-0.2, -0.15) is 0 Å². The van der Waals surface area contributed by atoms with Crippen molar-refractivity contribution in [3.8, 4) is 0 Å². The molecule has 0 amide bonds. The summed E-state index contributed by atoms with van der Waals surface area (Å²) in [7, 11) is 0. The lowest BCUT2D eigenvalue weighted by molar-refractivity contribution is 0.614. The fourth-order valence-electron chi connectivity index (χ4n) is 1.31. The lowest BCUT2D eigenvalue weighted by Crippen LogP contribution is -2.05. The zero-order valence-electron chi connectivity index (χ0n) is 7.82. The molecule has 0 aromatic heterocycles. The van der Waals surface area contributed by atoms with Crippen molar-refractivity contribution in [1.82, 2.24) is 0 Å². The van der Waals surface area contributed by atoms with Crippen LogP contribution in [0.3, 0.4) is 0 Å². The summed E-state index contributed by atoms with van der Waals surface area (Å²) in [6.45, 7) is 4.29. The molecule has 3 heteroatoms. The highest BCUT2D eigenvalue weighted by Crippen LogP contribution is 2.26. The van der Waals surface area contributed by atoms with Gasteiger partial charge in [0.2, 0.25) is 0 Å². The standard InChI is InChI=1S/C10H13BrFN/c1-6-8(3-4-13)5-9(12)7(2)10(6)11/h5H,3-4,13H2,1-2H3. The average Bonchev–Trinajstić information content (AvgIpc) is 2.11. The molecule has 1 aromatic rings. The summed E-state index contributed by atoms with van der Waals surface area (Å²) in [5, 5.41) is 0. The highest BCUT2D eigenvalue weighted by atomic mass is 79.9. The highest BCUT2D eigenvalue weighted by Gasteiger charge is 2.09. The molecule has 0 aliphatic carbocycles. The third-order valence-corrected chi connectivity index (χ3v) is 3.40. The maximum atomic E-state index is 13.3. The minimum absolute atomic E-state index is 0.166. The van der Waals surface area contributed by atoms with Gasteiger partial charge in [-0.3, -0.25) is 0 Å². The molecule has 1 aromatic carbocycles. The van der Waals surface area contributed by atoms with Crippen LogP contribution in [0.25, 0.3) is 0 Å². The molecule has 0 saturated heterocycles. The number of nitrogens with two attached hydrogens (primary N) is 1. The number of hydrogen-bond donors (Lipinski definition) is 1. The van der Waals surface area contributed by atoms with Crippen LogP contribution in [0.4, 0.5) is 4.39 Å². The lowest BCUT2D eigenvalue weighted by atomic mass is 10.0. The molecule has 13 heavy (non-hydrogen) atoms. The Kier molecular flexibility index (Phi) is 3.45. The smallest absolute Gasteiger partial charge is 0.127 e. The van der Waals surface area contributed by atoms with E-state index in [2.05, 4.69) is 15.9 Å². The van der Waals surface area contributed by atoms with Gasteiger partial charge in [-0.15, -0.1) is 0 Å². The van der Waals surface area contributed by atoms with E-state index >= 15 is 0 Å². The van der Waals surface area contributed by atoms with E-state index in [1.807, 2.05) is 6.92 Å². The second-order valence-corrected chi connectivity index (χ2v) is 3.91. The quantitative estimate of drug-likeness (QED) is 0.853. The minimum atomic E-state index is -0.166. The molecule has 0 unspecified atom stereocenters. The van der Waals surface area contributed by atoms with Crippen molar-refractivity contribution in [3.05, 3.63) is 33.0 Å². The van der Waals surface area contributed by atoms with Gasteiger partial charge in [-0.25, -0.2) is 4.39 Å². The molecule has 0 aliphatic rings. The predicted molar refractivity (Wildman–Crippen MR) is 56.3 cm³/mol. The average molecular weight is 246 g/mol. The van der Waals surface area contributed by atoms with Crippen LogP contribution in [0.15, 0.2) is 10.5 Å². The molecule has 0 aliphatic heterocycles. The van der Waals surface area contributed by atoms with Gasteiger partial charge in [0.1, 0.15) is 5.82 Å². The summed E-state index contributed by atoms with van der Waals surface area (Å²) in [6, 6.07) is 1.57. The van der Waals surface area contributed by atoms with Gasteiger partial charge in [0.25, 0.3) is 0 Å². The molecule has 1 nitrogen and oxygen atoms in total. The van der Waals surface area contributed by atoms with E-state index < -0.39 is 0 Å². The van der Waals surface area contributed by atoms with Gasteiger partial charge in [0.05, 0.1) is 0 Å². The zero-order valence-corrected chi connectivity index (χ0v) is 9.41. The topological polar surface area (TPSA) is 26.0 Å². The Morgan fingerprint density at radius 3 is 2.54 bits per heavy atom. The first-order valence-corrected chi connectivity index (χ1v) is 5.01. The summed E-state index contributed by atoms with van der Waals surface area (Å²) >= 11 is 3.37. The molecule has 72 valence electrons. The molecule has 0 fully saturated rings. The third-order valence-electron chi connectivity index (χ3n) is 2.21. The van der Waals surface area contributed by atoms with Crippen LogP contribution < -0.4 is 5.73 Å². The van der Waals surface area contributed by atoms with Crippen LogP contribution in [-0.2, 0) is 6.42 Å². The second kappa shape index (κ2) is 4.20. The van der Waals surface area contributed by atoms with Crippen molar-refractivity contribution in [3.63, 3.8) is 0 Å². The SMILES string of the molecule is Cc1c(F)cc(CCN)c(C)c1Br. The molecule has 0 spiro atoms. The Morgan fingerprint density at radius 1 is 1.38 bits per heavy atom. The van der Waals surface area contributed by atoms with E-state index in [4.69, 9.17) is 5.73 Å². The van der Waals surface area contributed by atoms with E-state index in [-0.39, 0.29) is 5.82 Å². The van der Waals surface area contributed by atoms with Gasteiger partial charge in [0, 0.05) is 4.47 Å². The largest absolute Gasteiger partial charge is 0.330 e.